The molecule has 0 heterocycles. The average Bonchev–Trinajstić information content (AvgIpc) is 2.54. The maximum absolute atomic E-state index is 13.2. The van der Waals surface area contributed by atoms with Gasteiger partial charge in [-0.1, -0.05) is 25.4 Å². The number of halogens is 5. The predicted molar refractivity (Wildman–Crippen MR) is 98.5 cm³/mol. The third-order valence-electron chi connectivity index (χ3n) is 4.00. The van der Waals surface area contributed by atoms with Crippen LogP contribution in [0, 0.1) is 18.7 Å². The van der Waals surface area contributed by atoms with E-state index in [1.807, 2.05) is 0 Å². The lowest BCUT2D eigenvalue weighted by Crippen LogP contribution is -2.39. The molecular weight excluding hydrogens is 384 g/mol. The van der Waals surface area contributed by atoms with Crippen molar-refractivity contribution in [3.05, 3.63) is 58.4 Å². The Bertz CT molecular complexity index is 837. The molecule has 0 aliphatic heterocycles. The van der Waals surface area contributed by atoms with E-state index >= 15 is 0 Å². The molecule has 0 unspecified atom stereocenters. The Morgan fingerprint density at radius 2 is 1.70 bits per heavy atom. The average molecular weight is 403 g/mol. The first-order valence-electron chi connectivity index (χ1n) is 8.19. The lowest BCUT2D eigenvalue weighted by atomic mass is 10.0. The maximum Gasteiger partial charge on any atom is 0.416 e. The monoisotopic (exact) mass is 402 g/mol. The molecule has 0 radical (unpaired) electrons. The van der Waals surface area contributed by atoms with Gasteiger partial charge >= 0.3 is 6.18 Å². The van der Waals surface area contributed by atoms with Crippen LogP contribution in [0.25, 0.3) is 0 Å². The fourth-order valence-corrected chi connectivity index (χ4v) is 2.72. The molecule has 0 saturated carbocycles. The van der Waals surface area contributed by atoms with Crippen molar-refractivity contribution in [1.29, 1.82) is 0 Å². The number of carbonyl (C=O) groups excluding carboxylic acids is 1. The Balaban J connectivity index is 2.21. The van der Waals surface area contributed by atoms with Crippen LogP contribution >= 0.6 is 11.6 Å². The molecule has 3 nitrogen and oxygen atoms in total. The van der Waals surface area contributed by atoms with E-state index in [2.05, 4.69) is 10.6 Å². The second-order valence-electron chi connectivity index (χ2n) is 6.51. The van der Waals surface area contributed by atoms with Gasteiger partial charge in [0.15, 0.2) is 0 Å². The standard InChI is InChI=1S/C19H19ClF4N2O/c1-10(2)17(18(27)26-15-7-5-13(21)8-11(15)3)25-16-6-4-12(9-14(16)20)19(22,23)24/h4-10,17,25H,1-3H3,(H,26,27)/t17-/m0/s1. The first-order chi connectivity index (χ1) is 12.5. The van der Waals surface area contributed by atoms with Gasteiger partial charge in [0.1, 0.15) is 11.9 Å². The highest BCUT2D eigenvalue weighted by Gasteiger charge is 2.31. The van der Waals surface area contributed by atoms with Crippen LogP contribution in [-0.4, -0.2) is 11.9 Å². The quantitative estimate of drug-likeness (QED) is 0.613. The zero-order valence-electron chi connectivity index (χ0n) is 14.9. The number of rotatable bonds is 5. The highest BCUT2D eigenvalue weighted by Crippen LogP contribution is 2.34. The third kappa shape index (κ3) is 5.35. The Labute approximate surface area is 159 Å². The highest BCUT2D eigenvalue weighted by atomic mass is 35.5. The summed E-state index contributed by atoms with van der Waals surface area (Å²) in [6.07, 6.45) is -4.50. The van der Waals surface area contributed by atoms with Gasteiger partial charge in [0.05, 0.1) is 16.3 Å². The second-order valence-corrected chi connectivity index (χ2v) is 6.91. The van der Waals surface area contributed by atoms with Crippen LogP contribution in [0.5, 0.6) is 0 Å². The number of benzene rings is 2. The first kappa shape index (κ1) is 21.0. The lowest BCUT2D eigenvalue weighted by Gasteiger charge is -2.24. The summed E-state index contributed by atoms with van der Waals surface area (Å²) in [5, 5.41) is 5.46. The second kappa shape index (κ2) is 8.17. The summed E-state index contributed by atoms with van der Waals surface area (Å²) in [6.45, 7) is 5.22. The summed E-state index contributed by atoms with van der Waals surface area (Å²) in [4.78, 5) is 12.6. The molecule has 0 aliphatic carbocycles. The molecule has 8 heteroatoms. The molecule has 0 bridgehead atoms. The summed E-state index contributed by atoms with van der Waals surface area (Å²) in [5.74, 6) is -1.01. The summed E-state index contributed by atoms with van der Waals surface area (Å²) in [7, 11) is 0. The molecule has 0 saturated heterocycles. The highest BCUT2D eigenvalue weighted by molar-refractivity contribution is 6.33. The Hall–Kier alpha value is -2.28. The molecule has 2 rings (SSSR count). The van der Waals surface area contributed by atoms with Crippen LogP contribution in [0.1, 0.15) is 25.0 Å². The van der Waals surface area contributed by atoms with Crippen molar-refractivity contribution in [2.75, 3.05) is 10.6 Å². The van der Waals surface area contributed by atoms with E-state index in [-0.39, 0.29) is 16.6 Å². The van der Waals surface area contributed by atoms with Gasteiger partial charge in [0.25, 0.3) is 0 Å². The molecule has 1 amide bonds. The van der Waals surface area contributed by atoms with Crippen molar-refractivity contribution in [2.45, 2.75) is 33.0 Å². The van der Waals surface area contributed by atoms with E-state index in [9.17, 15) is 22.4 Å². The van der Waals surface area contributed by atoms with Gasteiger partial charge < -0.3 is 10.6 Å². The van der Waals surface area contributed by atoms with Crippen molar-refractivity contribution in [3.8, 4) is 0 Å². The van der Waals surface area contributed by atoms with Gasteiger partial charge in [0.2, 0.25) is 5.91 Å². The molecule has 2 aromatic rings. The smallest absolute Gasteiger partial charge is 0.372 e. The SMILES string of the molecule is Cc1cc(F)ccc1NC(=O)[C@@H](Nc1ccc(C(F)(F)F)cc1Cl)C(C)C. The Morgan fingerprint density at radius 1 is 1.07 bits per heavy atom. The first-order valence-corrected chi connectivity index (χ1v) is 8.57. The van der Waals surface area contributed by atoms with E-state index in [1.165, 1.54) is 24.3 Å². The number of anilines is 2. The number of nitrogens with one attached hydrogen (secondary N) is 2. The molecular formula is C19H19ClF4N2O. The Morgan fingerprint density at radius 3 is 2.22 bits per heavy atom. The van der Waals surface area contributed by atoms with E-state index < -0.39 is 29.5 Å². The normalized spacial score (nSPS) is 12.8. The fraction of sp³-hybridized carbons (Fsp3) is 0.316. The van der Waals surface area contributed by atoms with Gasteiger partial charge in [0, 0.05) is 5.69 Å². The number of carbonyl (C=O) groups is 1. The molecule has 0 spiro atoms. The van der Waals surface area contributed by atoms with Crippen molar-refractivity contribution in [1.82, 2.24) is 0 Å². The van der Waals surface area contributed by atoms with Gasteiger partial charge in [-0.2, -0.15) is 13.2 Å². The molecule has 146 valence electrons. The summed E-state index contributed by atoms with van der Waals surface area (Å²) < 4.78 is 51.5. The predicted octanol–water partition coefficient (Wildman–Crippen LogP) is 5.88. The molecule has 0 fully saturated rings. The molecule has 0 aromatic heterocycles. The zero-order valence-corrected chi connectivity index (χ0v) is 15.7. The lowest BCUT2D eigenvalue weighted by molar-refractivity contribution is -0.137. The topological polar surface area (TPSA) is 41.1 Å². The van der Waals surface area contributed by atoms with Crippen LogP contribution in [0.4, 0.5) is 28.9 Å². The van der Waals surface area contributed by atoms with Crippen LogP contribution in [0.15, 0.2) is 36.4 Å². The van der Waals surface area contributed by atoms with Crippen LogP contribution < -0.4 is 10.6 Å². The van der Waals surface area contributed by atoms with Crippen LogP contribution in [0.3, 0.4) is 0 Å². The van der Waals surface area contributed by atoms with E-state index in [1.54, 1.807) is 20.8 Å². The largest absolute Gasteiger partial charge is 0.416 e. The van der Waals surface area contributed by atoms with Crippen molar-refractivity contribution < 1.29 is 22.4 Å². The fourth-order valence-electron chi connectivity index (χ4n) is 2.49. The molecule has 27 heavy (non-hydrogen) atoms. The van der Waals surface area contributed by atoms with Crippen molar-refractivity contribution >= 4 is 28.9 Å². The number of aryl methyl sites for hydroxylation is 1. The summed E-state index contributed by atoms with van der Waals surface area (Å²) in [5.41, 5.74) is 0.352. The van der Waals surface area contributed by atoms with Crippen molar-refractivity contribution in [3.63, 3.8) is 0 Å². The summed E-state index contributed by atoms with van der Waals surface area (Å²) >= 11 is 5.96. The van der Waals surface area contributed by atoms with Gasteiger partial charge in [-0.15, -0.1) is 0 Å². The Kier molecular flexibility index (Phi) is 6.36. The van der Waals surface area contributed by atoms with Gasteiger partial charge in [-0.3, -0.25) is 4.79 Å². The number of amides is 1. The molecule has 2 N–H and O–H groups in total. The van der Waals surface area contributed by atoms with Crippen LogP contribution in [0.2, 0.25) is 5.02 Å². The van der Waals surface area contributed by atoms with E-state index in [0.29, 0.717) is 11.3 Å². The molecule has 0 aliphatic rings. The van der Waals surface area contributed by atoms with E-state index in [0.717, 1.165) is 12.1 Å². The minimum absolute atomic E-state index is 0.138. The minimum atomic E-state index is -4.50. The van der Waals surface area contributed by atoms with Gasteiger partial charge in [-0.25, -0.2) is 4.39 Å². The van der Waals surface area contributed by atoms with E-state index in [4.69, 9.17) is 11.6 Å². The molecule has 2 aromatic carbocycles. The van der Waals surface area contributed by atoms with Crippen LogP contribution in [-0.2, 0) is 11.0 Å². The molecule has 1 atom stereocenters. The number of hydrogen-bond acceptors (Lipinski definition) is 2. The van der Waals surface area contributed by atoms with Gasteiger partial charge in [-0.05, 0) is 54.8 Å². The minimum Gasteiger partial charge on any atom is -0.372 e. The zero-order chi connectivity index (χ0) is 20.4. The third-order valence-corrected chi connectivity index (χ3v) is 4.32. The number of alkyl halides is 3. The maximum atomic E-state index is 13.2. The summed E-state index contributed by atoms with van der Waals surface area (Å²) in [6, 6.07) is 6.11. The number of hydrogen-bond donors (Lipinski definition) is 2. The van der Waals surface area contributed by atoms with Crippen molar-refractivity contribution in [2.24, 2.45) is 5.92 Å².